The van der Waals surface area contributed by atoms with E-state index in [-0.39, 0.29) is 0 Å². The molecule has 5 heteroatoms. The number of nitrogens with zero attached hydrogens (tertiary/aromatic N) is 1. The van der Waals surface area contributed by atoms with Crippen molar-refractivity contribution in [3.8, 4) is 11.4 Å². The second-order valence-electron chi connectivity index (χ2n) is 4.79. The molecule has 19 heavy (non-hydrogen) atoms. The number of benzene rings is 1. The van der Waals surface area contributed by atoms with E-state index < -0.39 is 0 Å². The number of aromatic nitrogens is 2. The summed E-state index contributed by atoms with van der Waals surface area (Å²) in [4.78, 5) is 7.75. The van der Waals surface area contributed by atoms with Crippen LogP contribution >= 0.6 is 39.7 Å². The van der Waals surface area contributed by atoms with Crippen LogP contribution in [0.1, 0.15) is 19.5 Å². The smallest absolute Gasteiger partial charge is 0.144 e. The highest BCUT2D eigenvalue weighted by atomic mass is 79.9. The molecule has 0 saturated heterocycles. The van der Waals surface area contributed by atoms with Crippen molar-refractivity contribution in [3.05, 3.63) is 44.1 Å². The predicted molar refractivity (Wildman–Crippen MR) is 86.1 cm³/mol. The van der Waals surface area contributed by atoms with E-state index >= 15 is 0 Å². The number of H-pyrrole nitrogens is 1. The van der Waals surface area contributed by atoms with Gasteiger partial charge < -0.3 is 4.98 Å². The van der Waals surface area contributed by atoms with Crippen LogP contribution in [0, 0.1) is 10.6 Å². The van der Waals surface area contributed by atoms with Crippen LogP contribution in [-0.4, -0.2) is 9.97 Å². The van der Waals surface area contributed by atoms with Gasteiger partial charge in [-0.15, -0.1) is 0 Å². The van der Waals surface area contributed by atoms with Gasteiger partial charge >= 0.3 is 0 Å². The SMILES string of the molecule is CC(C)Cc1[nH]c(-c2cccc(Cl)c2)nc(=S)c1Br. The molecule has 1 N–H and O–H groups in total. The molecule has 1 aromatic carbocycles. The lowest BCUT2D eigenvalue weighted by Gasteiger charge is -2.10. The second-order valence-corrected chi connectivity index (χ2v) is 6.41. The summed E-state index contributed by atoms with van der Waals surface area (Å²) in [7, 11) is 0. The average Bonchev–Trinajstić information content (AvgIpc) is 2.34. The van der Waals surface area contributed by atoms with Crippen molar-refractivity contribution in [2.75, 3.05) is 0 Å². The Bertz CT molecular complexity index is 652. The van der Waals surface area contributed by atoms with Crippen molar-refractivity contribution in [2.45, 2.75) is 20.3 Å². The normalized spacial score (nSPS) is 11.0. The van der Waals surface area contributed by atoms with Gasteiger partial charge in [0, 0.05) is 16.3 Å². The molecule has 0 aliphatic heterocycles. The Hall–Kier alpha value is -0.710. The molecule has 0 aliphatic rings. The minimum absolute atomic E-state index is 0.538. The van der Waals surface area contributed by atoms with Gasteiger partial charge in [0.25, 0.3) is 0 Å². The van der Waals surface area contributed by atoms with Gasteiger partial charge in [0.15, 0.2) is 0 Å². The third kappa shape index (κ3) is 3.65. The topological polar surface area (TPSA) is 28.7 Å². The number of nitrogens with one attached hydrogen (secondary N) is 1. The number of hydrogen-bond donors (Lipinski definition) is 1. The summed E-state index contributed by atoms with van der Waals surface area (Å²) in [5.74, 6) is 1.29. The van der Waals surface area contributed by atoms with Gasteiger partial charge in [0.1, 0.15) is 10.5 Å². The number of rotatable bonds is 3. The van der Waals surface area contributed by atoms with Gasteiger partial charge in [0.05, 0.1) is 4.47 Å². The van der Waals surface area contributed by atoms with Crippen LogP contribution in [0.4, 0.5) is 0 Å². The molecule has 0 spiro atoms. The summed E-state index contributed by atoms with van der Waals surface area (Å²) in [6, 6.07) is 7.59. The second kappa shape index (κ2) is 6.16. The molecule has 2 rings (SSSR count). The molecule has 1 heterocycles. The summed E-state index contributed by atoms with van der Waals surface area (Å²) in [6.45, 7) is 4.34. The first-order valence-electron chi connectivity index (χ1n) is 6.02. The molecular formula is C14H14BrClN2S. The minimum atomic E-state index is 0.538. The lowest BCUT2D eigenvalue weighted by molar-refractivity contribution is 0.632. The Balaban J connectivity index is 2.53. The zero-order valence-electron chi connectivity index (χ0n) is 10.7. The van der Waals surface area contributed by atoms with E-state index in [0.29, 0.717) is 15.6 Å². The van der Waals surface area contributed by atoms with Crippen molar-refractivity contribution in [1.82, 2.24) is 9.97 Å². The molecule has 0 aliphatic carbocycles. The van der Waals surface area contributed by atoms with Crippen LogP contribution in [0.25, 0.3) is 11.4 Å². The van der Waals surface area contributed by atoms with E-state index in [1.807, 2.05) is 24.3 Å². The fourth-order valence-electron chi connectivity index (χ4n) is 1.83. The molecule has 100 valence electrons. The van der Waals surface area contributed by atoms with E-state index in [9.17, 15) is 0 Å². The Morgan fingerprint density at radius 2 is 2.16 bits per heavy atom. The van der Waals surface area contributed by atoms with Crippen LogP contribution in [0.5, 0.6) is 0 Å². The van der Waals surface area contributed by atoms with E-state index in [0.717, 1.165) is 28.0 Å². The maximum Gasteiger partial charge on any atom is 0.144 e. The zero-order chi connectivity index (χ0) is 14.0. The first-order chi connectivity index (χ1) is 8.97. The quantitative estimate of drug-likeness (QED) is 0.743. The molecule has 0 unspecified atom stereocenters. The first kappa shape index (κ1) is 14.7. The van der Waals surface area contributed by atoms with Crippen molar-refractivity contribution in [2.24, 2.45) is 5.92 Å². The zero-order valence-corrected chi connectivity index (χ0v) is 13.9. The van der Waals surface area contributed by atoms with Crippen LogP contribution in [0.15, 0.2) is 28.7 Å². The third-order valence-electron chi connectivity index (χ3n) is 2.65. The summed E-state index contributed by atoms with van der Waals surface area (Å²) < 4.78 is 1.45. The van der Waals surface area contributed by atoms with Crippen LogP contribution in [0.2, 0.25) is 5.02 Å². The highest BCUT2D eigenvalue weighted by Crippen LogP contribution is 2.24. The van der Waals surface area contributed by atoms with Gasteiger partial charge in [-0.25, -0.2) is 4.98 Å². The fourth-order valence-corrected chi connectivity index (χ4v) is 2.58. The van der Waals surface area contributed by atoms with Gasteiger partial charge in [-0.2, -0.15) is 0 Å². The summed E-state index contributed by atoms with van der Waals surface area (Å²) in [6.07, 6.45) is 0.917. The maximum atomic E-state index is 6.01. The summed E-state index contributed by atoms with van der Waals surface area (Å²) in [5, 5.41) is 0.687. The van der Waals surface area contributed by atoms with Crippen molar-refractivity contribution in [1.29, 1.82) is 0 Å². The summed E-state index contributed by atoms with van der Waals surface area (Å²) >= 11 is 14.8. The molecule has 0 bridgehead atoms. The molecule has 0 amide bonds. The molecule has 0 radical (unpaired) electrons. The molecule has 1 aromatic heterocycles. The van der Waals surface area contributed by atoms with Crippen LogP contribution < -0.4 is 0 Å². The highest BCUT2D eigenvalue weighted by molar-refractivity contribution is 9.10. The van der Waals surface area contributed by atoms with Crippen LogP contribution in [0.3, 0.4) is 0 Å². The first-order valence-corrected chi connectivity index (χ1v) is 7.60. The van der Waals surface area contributed by atoms with Gasteiger partial charge in [-0.3, -0.25) is 0 Å². The number of halogens is 2. The molecular weight excluding hydrogens is 344 g/mol. The Kier molecular flexibility index (Phi) is 4.76. The standard InChI is InChI=1S/C14H14BrClN2S/c1-8(2)6-11-12(15)14(19)18-13(17-11)9-4-3-5-10(16)7-9/h3-5,7-8H,6H2,1-2H3,(H,17,18,19). The average molecular weight is 358 g/mol. The monoisotopic (exact) mass is 356 g/mol. The van der Waals surface area contributed by atoms with Crippen molar-refractivity contribution < 1.29 is 0 Å². The Labute approximate surface area is 131 Å². The van der Waals surface area contributed by atoms with E-state index in [1.165, 1.54) is 0 Å². The summed E-state index contributed by atoms with van der Waals surface area (Å²) in [5.41, 5.74) is 2.01. The molecule has 0 atom stereocenters. The molecule has 0 fully saturated rings. The maximum absolute atomic E-state index is 6.01. The molecule has 2 nitrogen and oxygen atoms in total. The third-order valence-corrected chi connectivity index (χ3v) is 4.29. The number of aromatic amines is 1. The minimum Gasteiger partial charge on any atom is -0.342 e. The highest BCUT2D eigenvalue weighted by Gasteiger charge is 2.09. The predicted octanol–water partition coefficient (Wildman–Crippen LogP) is 5.42. The Morgan fingerprint density at radius 1 is 1.42 bits per heavy atom. The van der Waals surface area contributed by atoms with E-state index in [1.54, 1.807) is 0 Å². The molecule has 0 saturated carbocycles. The lowest BCUT2D eigenvalue weighted by atomic mass is 10.1. The van der Waals surface area contributed by atoms with E-state index in [2.05, 4.69) is 39.7 Å². The van der Waals surface area contributed by atoms with Crippen molar-refractivity contribution in [3.63, 3.8) is 0 Å². The fraction of sp³-hybridized carbons (Fsp3) is 0.286. The van der Waals surface area contributed by atoms with Gasteiger partial charge in [-0.1, -0.05) is 49.8 Å². The number of hydrogen-bond acceptors (Lipinski definition) is 2. The van der Waals surface area contributed by atoms with E-state index in [4.69, 9.17) is 23.8 Å². The van der Waals surface area contributed by atoms with Gasteiger partial charge in [0.2, 0.25) is 0 Å². The Morgan fingerprint density at radius 3 is 2.79 bits per heavy atom. The van der Waals surface area contributed by atoms with Crippen molar-refractivity contribution >= 4 is 39.7 Å². The van der Waals surface area contributed by atoms with Crippen LogP contribution in [-0.2, 0) is 6.42 Å². The van der Waals surface area contributed by atoms with Gasteiger partial charge in [-0.05, 0) is 40.4 Å². The molecule has 2 aromatic rings. The lowest BCUT2D eigenvalue weighted by Crippen LogP contribution is -2.02. The largest absolute Gasteiger partial charge is 0.342 e.